The van der Waals surface area contributed by atoms with Crippen LogP contribution in [0, 0.1) is 0 Å². The molecule has 10 heavy (non-hydrogen) atoms. The fourth-order valence-electron chi connectivity index (χ4n) is 0.860. The summed E-state index contributed by atoms with van der Waals surface area (Å²) >= 11 is 1.88. The highest BCUT2D eigenvalue weighted by molar-refractivity contribution is 7.98. The maximum absolute atomic E-state index is 2.22. The first-order valence-electron chi connectivity index (χ1n) is 3.42. The Hall–Kier alpha value is -0.430. The van der Waals surface area contributed by atoms with Gasteiger partial charge in [0.2, 0.25) is 0 Å². The first-order valence-corrected chi connectivity index (χ1v) is 4.71. The molecule has 1 aromatic carbocycles. The van der Waals surface area contributed by atoms with Crippen molar-refractivity contribution in [1.82, 2.24) is 0 Å². The minimum absolute atomic E-state index is 0.626. The third kappa shape index (κ3) is 1.77. The van der Waals surface area contributed by atoms with Gasteiger partial charge in [-0.05, 0) is 18.7 Å². The molecule has 1 heteroatoms. The van der Waals surface area contributed by atoms with E-state index >= 15 is 0 Å². The van der Waals surface area contributed by atoms with Gasteiger partial charge in [0.05, 0.1) is 0 Å². The monoisotopic (exact) mass is 152 g/mol. The summed E-state index contributed by atoms with van der Waals surface area (Å²) in [5, 5.41) is 0.626. The van der Waals surface area contributed by atoms with Crippen LogP contribution in [0.25, 0.3) is 0 Å². The van der Waals surface area contributed by atoms with Crippen LogP contribution < -0.4 is 0 Å². The normalized spacial score (nSPS) is 13.0. The molecule has 0 amide bonds. The number of rotatable bonds is 2. The van der Waals surface area contributed by atoms with Crippen LogP contribution in [0.4, 0.5) is 0 Å². The van der Waals surface area contributed by atoms with E-state index in [0.717, 1.165) is 0 Å². The first-order chi connectivity index (χ1) is 4.84. The van der Waals surface area contributed by atoms with Gasteiger partial charge in [0, 0.05) is 5.25 Å². The first kappa shape index (κ1) is 7.67. The molecule has 1 aromatic rings. The van der Waals surface area contributed by atoms with Crippen molar-refractivity contribution in [3.63, 3.8) is 0 Å². The fraction of sp³-hybridized carbons (Fsp3) is 0.333. The summed E-state index contributed by atoms with van der Waals surface area (Å²) in [6.45, 7) is 2.22. The van der Waals surface area contributed by atoms with Crippen molar-refractivity contribution in [2.75, 3.05) is 6.26 Å². The molecule has 0 unspecified atom stereocenters. The Kier molecular flexibility index (Phi) is 2.82. The van der Waals surface area contributed by atoms with Crippen LogP contribution in [0.2, 0.25) is 0 Å². The minimum Gasteiger partial charge on any atom is -0.158 e. The number of hydrogen-bond acceptors (Lipinski definition) is 1. The van der Waals surface area contributed by atoms with Crippen molar-refractivity contribution >= 4 is 11.8 Å². The van der Waals surface area contributed by atoms with Crippen molar-refractivity contribution in [3.05, 3.63) is 35.9 Å². The van der Waals surface area contributed by atoms with Crippen LogP contribution in [0.3, 0.4) is 0 Å². The van der Waals surface area contributed by atoms with Gasteiger partial charge in [-0.2, -0.15) is 11.8 Å². The van der Waals surface area contributed by atoms with E-state index in [1.807, 2.05) is 11.8 Å². The highest BCUT2D eigenvalue weighted by Crippen LogP contribution is 2.24. The number of hydrogen-bond donors (Lipinski definition) is 0. The van der Waals surface area contributed by atoms with Crippen LogP contribution in [-0.4, -0.2) is 6.26 Å². The molecule has 0 aliphatic rings. The van der Waals surface area contributed by atoms with Gasteiger partial charge < -0.3 is 0 Å². The van der Waals surface area contributed by atoms with E-state index in [0.29, 0.717) is 5.25 Å². The molecule has 0 N–H and O–H groups in total. The molecular formula is C9H12S. The summed E-state index contributed by atoms with van der Waals surface area (Å²) in [6.07, 6.45) is 2.14. The lowest BCUT2D eigenvalue weighted by atomic mass is 10.2. The van der Waals surface area contributed by atoms with Gasteiger partial charge in [0.1, 0.15) is 0 Å². The molecule has 0 aromatic heterocycles. The summed E-state index contributed by atoms with van der Waals surface area (Å²) in [5.41, 5.74) is 1.41. The lowest BCUT2D eigenvalue weighted by Gasteiger charge is -2.06. The zero-order valence-corrected chi connectivity index (χ0v) is 7.19. The summed E-state index contributed by atoms with van der Waals surface area (Å²) < 4.78 is 0. The Morgan fingerprint density at radius 2 is 1.80 bits per heavy atom. The maximum atomic E-state index is 2.22. The van der Waals surface area contributed by atoms with Gasteiger partial charge in [-0.15, -0.1) is 0 Å². The average molecular weight is 152 g/mol. The molecule has 0 bridgehead atoms. The van der Waals surface area contributed by atoms with Gasteiger partial charge in [0.25, 0.3) is 0 Å². The molecule has 0 aliphatic carbocycles. The van der Waals surface area contributed by atoms with Gasteiger partial charge in [-0.25, -0.2) is 0 Å². The van der Waals surface area contributed by atoms with Gasteiger partial charge in [-0.3, -0.25) is 0 Å². The zero-order chi connectivity index (χ0) is 7.40. The van der Waals surface area contributed by atoms with E-state index < -0.39 is 0 Å². The Bertz CT molecular complexity index is 181. The van der Waals surface area contributed by atoms with Crippen molar-refractivity contribution in [2.24, 2.45) is 0 Å². The van der Waals surface area contributed by atoms with Gasteiger partial charge in [0.15, 0.2) is 0 Å². The van der Waals surface area contributed by atoms with E-state index in [9.17, 15) is 0 Å². The van der Waals surface area contributed by atoms with E-state index in [1.54, 1.807) is 0 Å². The van der Waals surface area contributed by atoms with Gasteiger partial charge >= 0.3 is 0 Å². The molecule has 0 fully saturated rings. The molecule has 0 aliphatic heterocycles. The maximum Gasteiger partial charge on any atom is 0.0266 e. The second-order valence-corrected chi connectivity index (χ2v) is 3.47. The average Bonchev–Trinajstić information content (AvgIpc) is 2.05. The molecule has 0 spiro atoms. The Morgan fingerprint density at radius 3 is 2.30 bits per heavy atom. The van der Waals surface area contributed by atoms with Crippen LogP contribution >= 0.6 is 11.8 Å². The molecule has 1 rings (SSSR count). The quantitative estimate of drug-likeness (QED) is 0.627. The van der Waals surface area contributed by atoms with E-state index in [-0.39, 0.29) is 0 Å². The summed E-state index contributed by atoms with van der Waals surface area (Å²) in [4.78, 5) is 0. The highest BCUT2D eigenvalue weighted by atomic mass is 32.2. The molecule has 0 saturated carbocycles. The van der Waals surface area contributed by atoms with Crippen molar-refractivity contribution < 1.29 is 0 Å². The van der Waals surface area contributed by atoms with Crippen molar-refractivity contribution in [2.45, 2.75) is 12.2 Å². The molecule has 0 saturated heterocycles. The Balaban J connectivity index is 2.75. The standard InChI is InChI=1S/C9H12S/c1-8(10-2)9-6-4-3-5-7-9/h3-8H,1-2H3/t8-/m0/s1. The highest BCUT2D eigenvalue weighted by Gasteiger charge is 1.99. The van der Waals surface area contributed by atoms with E-state index in [2.05, 4.69) is 43.5 Å². The smallest absolute Gasteiger partial charge is 0.0266 e. The number of benzene rings is 1. The Morgan fingerprint density at radius 1 is 1.20 bits per heavy atom. The molecule has 0 radical (unpaired) electrons. The van der Waals surface area contributed by atoms with Crippen LogP contribution in [0.1, 0.15) is 17.7 Å². The van der Waals surface area contributed by atoms with Crippen LogP contribution in [-0.2, 0) is 0 Å². The minimum atomic E-state index is 0.626. The topological polar surface area (TPSA) is 0 Å². The predicted molar refractivity (Wildman–Crippen MR) is 48.4 cm³/mol. The third-order valence-electron chi connectivity index (χ3n) is 1.62. The summed E-state index contributed by atoms with van der Waals surface area (Å²) in [7, 11) is 0. The van der Waals surface area contributed by atoms with Crippen molar-refractivity contribution in [3.8, 4) is 0 Å². The molecule has 54 valence electrons. The molecule has 0 nitrogen and oxygen atoms in total. The van der Waals surface area contributed by atoms with Crippen molar-refractivity contribution in [1.29, 1.82) is 0 Å². The molecule has 0 heterocycles. The summed E-state index contributed by atoms with van der Waals surface area (Å²) in [5.74, 6) is 0. The fourth-order valence-corrected chi connectivity index (χ4v) is 1.29. The third-order valence-corrected chi connectivity index (χ3v) is 2.60. The lowest BCUT2D eigenvalue weighted by Crippen LogP contribution is -1.84. The number of thioether (sulfide) groups is 1. The van der Waals surface area contributed by atoms with Crippen LogP contribution in [0.15, 0.2) is 30.3 Å². The summed E-state index contributed by atoms with van der Waals surface area (Å²) in [6, 6.07) is 10.6. The van der Waals surface area contributed by atoms with Crippen LogP contribution in [0.5, 0.6) is 0 Å². The largest absolute Gasteiger partial charge is 0.158 e. The van der Waals surface area contributed by atoms with E-state index in [1.165, 1.54) is 5.56 Å². The van der Waals surface area contributed by atoms with Gasteiger partial charge in [-0.1, -0.05) is 30.3 Å². The second-order valence-electron chi connectivity index (χ2n) is 2.29. The molecule has 1 atom stereocenters. The molecular weight excluding hydrogens is 140 g/mol. The zero-order valence-electron chi connectivity index (χ0n) is 6.37. The Labute approximate surface area is 66.6 Å². The second kappa shape index (κ2) is 3.67. The van der Waals surface area contributed by atoms with E-state index in [4.69, 9.17) is 0 Å². The SMILES string of the molecule is CS[C@@H](C)c1ccccc1. The lowest BCUT2D eigenvalue weighted by molar-refractivity contribution is 1.10. The predicted octanol–water partition coefficient (Wildman–Crippen LogP) is 3.11.